The number of hydrogen-bond donors (Lipinski definition) is 3. The number of amides is 2. The van der Waals surface area contributed by atoms with Gasteiger partial charge in [-0.1, -0.05) is 5.16 Å². The van der Waals surface area contributed by atoms with Gasteiger partial charge < -0.3 is 35.4 Å². The van der Waals surface area contributed by atoms with Gasteiger partial charge in [0.25, 0.3) is 11.8 Å². The number of nitrogens with two attached hydrogens (primary N) is 1. The number of hydrogen-bond acceptors (Lipinski definition) is 11. The van der Waals surface area contributed by atoms with E-state index in [1.165, 1.54) is 23.8 Å². The number of quaternary nitrogens is 1. The number of oxime groups is 1. The van der Waals surface area contributed by atoms with Gasteiger partial charge in [-0.25, -0.2) is 4.98 Å². The first-order chi connectivity index (χ1) is 17.6. The van der Waals surface area contributed by atoms with Crippen LogP contribution in [0.15, 0.2) is 21.8 Å². The van der Waals surface area contributed by atoms with Crippen LogP contribution in [-0.2, 0) is 19.2 Å². The van der Waals surface area contributed by atoms with Gasteiger partial charge >= 0.3 is 0 Å². The van der Waals surface area contributed by atoms with Crippen molar-refractivity contribution in [1.82, 2.24) is 15.2 Å². The summed E-state index contributed by atoms with van der Waals surface area (Å²) in [4.78, 5) is 48.4. The Kier molecular flexibility index (Phi) is 6.94. The van der Waals surface area contributed by atoms with Crippen LogP contribution in [-0.4, -0.2) is 99.5 Å². The molecule has 2 unspecified atom stereocenters. The number of fused-ring (bicyclic) bond motifs is 4. The van der Waals surface area contributed by atoms with Crippen molar-refractivity contribution in [3.05, 3.63) is 22.3 Å². The fourth-order valence-electron chi connectivity index (χ4n) is 6.21. The molecule has 37 heavy (non-hydrogen) atoms. The van der Waals surface area contributed by atoms with Gasteiger partial charge in [0.1, 0.15) is 30.8 Å². The molecule has 12 nitrogen and oxygen atoms in total. The summed E-state index contributed by atoms with van der Waals surface area (Å²) in [6, 6.07) is -0.927. The van der Waals surface area contributed by atoms with Crippen LogP contribution >= 0.6 is 23.1 Å². The number of rotatable bonds is 8. The van der Waals surface area contributed by atoms with Crippen LogP contribution in [0.4, 0.5) is 5.13 Å². The molecule has 5 aliphatic heterocycles. The minimum absolute atomic E-state index is 0.0916. The topological polar surface area (TPSA) is 170 Å². The third-order valence-electron chi connectivity index (χ3n) is 7.99. The molecule has 6 rings (SSSR count). The highest BCUT2D eigenvalue weighted by Gasteiger charge is 2.55. The molecule has 0 spiro atoms. The summed E-state index contributed by atoms with van der Waals surface area (Å²) in [5, 5.41) is 30.2. The number of thioether (sulfide) groups is 1. The van der Waals surface area contributed by atoms with Crippen molar-refractivity contribution in [2.24, 2.45) is 17.0 Å². The number of carboxylic acid groups (broad SMARTS) is 1. The number of carbonyl (C=O) groups is 3. The molecule has 2 bridgehead atoms. The second-order valence-electron chi connectivity index (χ2n) is 10.2. The van der Waals surface area contributed by atoms with Crippen molar-refractivity contribution < 1.29 is 33.9 Å². The number of nitrogen functional groups attached to an aromatic ring is 1. The lowest BCUT2D eigenvalue weighted by Gasteiger charge is -2.55. The molecule has 4 N–H and O–H groups in total. The van der Waals surface area contributed by atoms with Crippen molar-refractivity contribution in [2.75, 3.05) is 44.8 Å². The number of aliphatic carboxylic acids is 1. The van der Waals surface area contributed by atoms with Gasteiger partial charge in [0.2, 0.25) is 0 Å². The number of carboxylic acids is 1. The summed E-state index contributed by atoms with van der Waals surface area (Å²) in [6.45, 7) is 5.00. The van der Waals surface area contributed by atoms with Crippen LogP contribution in [0.25, 0.3) is 0 Å². The Hall–Kier alpha value is -2.68. The van der Waals surface area contributed by atoms with Crippen LogP contribution in [0.1, 0.15) is 25.5 Å². The Morgan fingerprint density at radius 2 is 2.16 bits per heavy atom. The smallest absolute Gasteiger partial charge is 0.276 e. The summed E-state index contributed by atoms with van der Waals surface area (Å²) in [6.07, 6.45) is 1.61. The third kappa shape index (κ3) is 4.60. The zero-order valence-corrected chi connectivity index (χ0v) is 22.2. The molecular formula is C23H30N6O6S2. The maximum Gasteiger partial charge on any atom is 0.276 e. The standard InChI is InChI=1S/C23H30N6O6S2/c1-11(30)14-8-29(5-3-12(14)4-6-29)7-13-9-36-21-17(20(32)28(21)18(13)22(33)34)26-19(31)16(27-35-2)15-10-37-23(24)25-15/h10-12,14,17,21,30H,3-9H2,1-2H3,(H3-,24,25,26,31,33,34)/b27-16-/t11?,12?,14?,17-,21-,29?/m1/s1. The van der Waals surface area contributed by atoms with E-state index < -0.39 is 35.3 Å². The van der Waals surface area contributed by atoms with Crippen LogP contribution in [0.3, 0.4) is 0 Å². The SMILES string of the molecule is CO/N=C(\C(=O)N[C@@H]1C(=O)N2C(C(=O)[O-])=C(C[N+]34CCC(CC3)C(C(C)O)C4)CS[C@H]12)c1csc(N)n1. The van der Waals surface area contributed by atoms with Gasteiger partial charge in [0.15, 0.2) is 10.8 Å². The van der Waals surface area contributed by atoms with E-state index in [1.807, 2.05) is 6.92 Å². The van der Waals surface area contributed by atoms with E-state index in [0.29, 0.717) is 23.8 Å². The molecule has 14 heteroatoms. The van der Waals surface area contributed by atoms with Crippen molar-refractivity contribution in [3.63, 3.8) is 0 Å². The number of aromatic nitrogens is 1. The quantitative estimate of drug-likeness (QED) is 0.154. The van der Waals surface area contributed by atoms with E-state index in [-0.39, 0.29) is 28.2 Å². The first kappa shape index (κ1) is 25.9. The summed E-state index contributed by atoms with van der Waals surface area (Å²) in [5.74, 6) is -1.47. The molecule has 1 aromatic rings. The third-order valence-corrected chi connectivity index (χ3v) is 10.0. The largest absolute Gasteiger partial charge is 0.543 e. The number of nitrogens with one attached hydrogen (secondary N) is 1. The van der Waals surface area contributed by atoms with Crippen LogP contribution in [0, 0.1) is 11.8 Å². The maximum atomic E-state index is 13.1. The molecule has 0 aromatic carbocycles. The van der Waals surface area contributed by atoms with E-state index >= 15 is 0 Å². The second kappa shape index (κ2) is 9.89. The van der Waals surface area contributed by atoms with Gasteiger partial charge in [-0.2, -0.15) is 0 Å². The maximum absolute atomic E-state index is 13.1. The molecule has 2 amide bonds. The normalized spacial score (nSPS) is 32.0. The fourth-order valence-corrected chi connectivity index (χ4v) is 8.09. The zero-order valence-electron chi connectivity index (χ0n) is 20.6. The molecule has 0 radical (unpaired) electrons. The number of anilines is 1. The number of carbonyl (C=O) groups excluding carboxylic acids is 3. The number of aliphatic hydroxyl groups is 1. The molecular weight excluding hydrogens is 520 g/mol. The Bertz CT molecular complexity index is 1170. The Labute approximate surface area is 222 Å². The highest BCUT2D eigenvalue weighted by atomic mass is 32.2. The predicted octanol–water partition coefficient (Wildman–Crippen LogP) is -1.28. The van der Waals surface area contributed by atoms with Crippen LogP contribution < -0.4 is 16.2 Å². The van der Waals surface area contributed by atoms with Crippen molar-refractivity contribution in [1.29, 1.82) is 0 Å². The number of aliphatic hydroxyl groups excluding tert-OH is 1. The Morgan fingerprint density at radius 3 is 2.76 bits per heavy atom. The minimum atomic E-state index is -1.39. The fraction of sp³-hybridized carbons (Fsp3) is 0.609. The summed E-state index contributed by atoms with van der Waals surface area (Å²) in [7, 11) is 1.29. The van der Waals surface area contributed by atoms with Gasteiger partial charge in [-0.3, -0.25) is 14.5 Å². The van der Waals surface area contributed by atoms with Gasteiger partial charge in [-0.15, -0.1) is 23.1 Å². The molecule has 0 saturated carbocycles. The lowest BCUT2D eigenvalue weighted by molar-refractivity contribution is -0.943. The van der Waals surface area contributed by atoms with Crippen molar-refractivity contribution in [3.8, 4) is 0 Å². The predicted molar refractivity (Wildman–Crippen MR) is 135 cm³/mol. The van der Waals surface area contributed by atoms with Gasteiger partial charge in [0, 0.05) is 35.5 Å². The average molecular weight is 551 g/mol. The molecule has 4 saturated heterocycles. The highest BCUT2D eigenvalue weighted by Crippen LogP contribution is 2.44. The van der Waals surface area contributed by atoms with E-state index in [0.717, 1.165) is 48.3 Å². The van der Waals surface area contributed by atoms with Crippen molar-refractivity contribution in [2.45, 2.75) is 37.3 Å². The number of piperidine rings is 3. The summed E-state index contributed by atoms with van der Waals surface area (Å²) >= 11 is 2.55. The lowest BCUT2D eigenvalue weighted by atomic mass is 9.74. The van der Waals surface area contributed by atoms with Gasteiger partial charge in [0.05, 0.1) is 37.4 Å². The highest BCUT2D eigenvalue weighted by molar-refractivity contribution is 8.00. The first-order valence-electron chi connectivity index (χ1n) is 12.2. The average Bonchev–Trinajstić information content (AvgIpc) is 3.31. The molecule has 0 aliphatic carbocycles. The molecule has 4 fully saturated rings. The number of thiazole rings is 1. The van der Waals surface area contributed by atoms with Gasteiger partial charge in [-0.05, 0) is 12.8 Å². The van der Waals surface area contributed by atoms with E-state index in [2.05, 4.69) is 15.5 Å². The lowest BCUT2D eigenvalue weighted by Crippen LogP contribution is -2.72. The van der Waals surface area contributed by atoms with Crippen molar-refractivity contribution >= 4 is 51.7 Å². The molecule has 5 aliphatic rings. The molecule has 1 aromatic heterocycles. The van der Waals surface area contributed by atoms with E-state index in [9.17, 15) is 24.6 Å². The number of β-lactam (4-membered cyclic amide) rings is 1. The molecule has 6 heterocycles. The minimum Gasteiger partial charge on any atom is -0.543 e. The zero-order chi connectivity index (χ0) is 26.5. The molecule has 4 atom stereocenters. The number of nitrogens with zero attached hydrogens (tertiary/aromatic N) is 4. The monoisotopic (exact) mass is 550 g/mol. The van der Waals surface area contributed by atoms with Crippen LogP contribution in [0.2, 0.25) is 0 Å². The van der Waals surface area contributed by atoms with Crippen LogP contribution in [0.5, 0.6) is 0 Å². The Morgan fingerprint density at radius 1 is 1.43 bits per heavy atom. The summed E-state index contributed by atoms with van der Waals surface area (Å²) in [5.41, 5.74) is 6.33. The summed E-state index contributed by atoms with van der Waals surface area (Å²) < 4.78 is 0.721. The molecule has 200 valence electrons. The van der Waals surface area contributed by atoms with E-state index in [4.69, 9.17) is 10.6 Å². The second-order valence-corrected chi connectivity index (χ2v) is 12.2. The van der Waals surface area contributed by atoms with E-state index in [1.54, 1.807) is 5.38 Å². The first-order valence-corrected chi connectivity index (χ1v) is 14.1. The Balaban J connectivity index is 1.34.